The van der Waals surface area contributed by atoms with Gasteiger partial charge in [-0.15, -0.1) is 12.4 Å². The van der Waals surface area contributed by atoms with Crippen LogP contribution in [0.15, 0.2) is 0 Å². The fourth-order valence-corrected chi connectivity index (χ4v) is 2.01. The second-order valence-electron chi connectivity index (χ2n) is 4.90. The van der Waals surface area contributed by atoms with Gasteiger partial charge in [0.2, 0.25) is 0 Å². The van der Waals surface area contributed by atoms with Crippen molar-refractivity contribution in [3.63, 3.8) is 0 Å². The molecule has 4 nitrogen and oxygen atoms in total. The van der Waals surface area contributed by atoms with Gasteiger partial charge in [-0.2, -0.15) is 0 Å². The maximum absolute atomic E-state index is 11.3. The molecule has 1 unspecified atom stereocenters. The molecule has 0 aromatic carbocycles. The summed E-state index contributed by atoms with van der Waals surface area (Å²) in [4.78, 5) is 13.4. The van der Waals surface area contributed by atoms with E-state index >= 15 is 0 Å². The van der Waals surface area contributed by atoms with Crippen molar-refractivity contribution >= 4 is 18.4 Å². The Morgan fingerprint density at radius 1 is 1.56 bits per heavy atom. The fourth-order valence-electron chi connectivity index (χ4n) is 2.01. The summed E-state index contributed by atoms with van der Waals surface area (Å²) in [6.07, 6.45) is 0.951. The monoisotopic (exact) mass is 250 g/mol. The Kier molecular flexibility index (Phi) is 6.30. The first-order chi connectivity index (χ1) is 6.95. The average Bonchev–Trinajstić information content (AvgIpc) is 2.11. The molecule has 0 radical (unpaired) electrons. The number of halogens is 1. The number of rotatable bonds is 3. The Bertz CT molecular complexity index is 234. The number of nitrogens with two attached hydrogens (primary N) is 1. The van der Waals surface area contributed by atoms with Crippen molar-refractivity contribution in [2.45, 2.75) is 33.2 Å². The van der Waals surface area contributed by atoms with Gasteiger partial charge in [0.1, 0.15) is 0 Å². The molecule has 1 heterocycles. The first-order valence-corrected chi connectivity index (χ1v) is 5.59. The van der Waals surface area contributed by atoms with Crippen LogP contribution >= 0.6 is 12.4 Å². The van der Waals surface area contributed by atoms with Crippen molar-refractivity contribution in [3.8, 4) is 0 Å². The third-order valence-electron chi connectivity index (χ3n) is 3.05. The van der Waals surface area contributed by atoms with Crippen LogP contribution in [0.2, 0.25) is 0 Å². The number of ether oxygens (including phenoxy) is 1. The van der Waals surface area contributed by atoms with Gasteiger partial charge in [-0.05, 0) is 18.8 Å². The molecule has 96 valence electrons. The summed E-state index contributed by atoms with van der Waals surface area (Å²) >= 11 is 0. The number of hydrogen-bond donors (Lipinski definition) is 1. The molecule has 2 N–H and O–H groups in total. The minimum Gasteiger partial charge on any atom is -0.465 e. The summed E-state index contributed by atoms with van der Waals surface area (Å²) in [7, 11) is 0. The third-order valence-corrected chi connectivity index (χ3v) is 3.05. The van der Waals surface area contributed by atoms with Crippen LogP contribution in [-0.4, -0.2) is 43.2 Å². The summed E-state index contributed by atoms with van der Waals surface area (Å²) in [6, 6.07) is 0.232. The first-order valence-electron chi connectivity index (χ1n) is 5.59. The van der Waals surface area contributed by atoms with Crippen LogP contribution in [0.4, 0.5) is 0 Å². The zero-order chi connectivity index (χ0) is 11.5. The lowest BCUT2D eigenvalue weighted by Gasteiger charge is -2.42. The molecule has 16 heavy (non-hydrogen) atoms. The Labute approximate surface area is 104 Å². The molecule has 0 aliphatic carbocycles. The third kappa shape index (κ3) is 4.28. The Morgan fingerprint density at radius 2 is 2.19 bits per heavy atom. The molecule has 1 saturated heterocycles. The van der Waals surface area contributed by atoms with E-state index in [1.54, 1.807) is 0 Å². The maximum atomic E-state index is 11.3. The highest BCUT2D eigenvalue weighted by Crippen LogP contribution is 2.27. The van der Waals surface area contributed by atoms with Gasteiger partial charge in [-0.1, -0.05) is 13.8 Å². The van der Waals surface area contributed by atoms with Gasteiger partial charge in [-0.3, -0.25) is 9.69 Å². The SMILES string of the molecule is CCOC(=O)CN1CCC(N)C(C)(C)C1.Cl. The Morgan fingerprint density at radius 3 is 2.69 bits per heavy atom. The highest BCUT2D eigenvalue weighted by Gasteiger charge is 2.33. The molecule has 0 amide bonds. The number of esters is 1. The van der Waals surface area contributed by atoms with E-state index in [9.17, 15) is 4.79 Å². The van der Waals surface area contributed by atoms with Gasteiger partial charge < -0.3 is 10.5 Å². The lowest BCUT2D eigenvalue weighted by atomic mass is 9.80. The van der Waals surface area contributed by atoms with Crippen LogP contribution < -0.4 is 5.73 Å². The lowest BCUT2D eigenvalue weighted by molar-refractivity contribution is -0.145. The molecule has 1 rings (SSSR count). The fraction of sp³-hybridized carbons (Fsp3) is 0.909. The highest BCUT2D eigenvalue weighted by molar-refractivity contribution is 5.85. The smallest absolute Gasteiger partial charge is 0.320 e. The highest BCUT2D eigenvalue weighted by atomic mass is 35.5. The summed E-state index contributed by atoms with van der Waals surface area (Å²) < 4.78 is 4.93. The summed E-state index contributed by atoms with van der Waals surface area (Å²) in [5.74, 6) is -0.135. The molecular weight excluding hydrogens is 228 g/mol. The molecule has 5 heteroatoms. The van der Waals surface area contributed by atoms with Crippen LogP contribution in [0, 0.1) is 5.41 Å². The topological polar surface area (TPSA) is 55.6 Å². The number of carbonyl (C=O) groups excluding carboxylic acids is 1. The van der Waals surface area contributed by atoms with Gasteiger partial charge in [0, 0.05) is 19.1 Å². The number of likely N-dealkylation sites (tertiary alicyclic amines) is 1. The van der Waals surface area contributed by atoms with Crippen molar-refractivity contribution in [1.29, 1.82) is 0 Å². The van der Waals surface area contributed by atoms with E-state index in [2.05, 4.69) is 18.7 Å². The lowest BCUT2D eigenvalue weighted by Crippen LogP contribution is -2.53. The van der Waals surface area contributed by atoms with Gasteiger partial charge in [-0.25, -0.2) is 0 Å². The second kappa shape index (κ2) is 6.42. The maximum Gasteiger partial charge on any atom is 0.320 e. The van der Waals surface area contributed by atoms with E-state index in [-0.39, 0.29) is 29.8 Å². The van der Waals surface area contributed by atoms with Crippen LogP contribution in [0.25, 0.3) is 0 Å². The molecule has 0 bridgehead atoms. The minimum atomic E-state index is -0.135. The number of piperidine rings is 1. The van der Waals surface area contributed by atoms with Gasteiger partial charge in [0.25, 0.3) is 0 Å². The molecule has 0 aromatic rings. The van der Waals surface area contributed by atoms with Gasteiger partial charge >= 0.3 is 5.97 Å². The Hall–Kier alpha value is -0.320. The predicted octanol–water partition coefficient (Wildman–Crippen LogP) is 1.03. The zero-order valence-electron chi connectivity index (χ0n) is 10.4. The number of nitrogens with zero attached hydrogens (tertiary/aromatic N) is 1. The molecule has 0 aromatic heterocycles. The largest absolute Gasteiger partial charge is 0.465 e. The molecular formula is C11H23ClN2O2. The normalized spacial score (nSPS) is 24.6. The van der Waals surface area contributed by atoms with E-state index in [0.29, 0.717) is 13.2 Å². The van der Waals surface area contributed by atoms with Gasteiger partial charge in [0.05, 0.1) is 13.2 Å². The van der Waals surface area contributed by atoms with Crippen molar-refractivity contribution < 1.29 is 9.53 Å². The molecule has 1 fully saturated rings. The second-order valence-corrected chi connectivity index (χ2v) is 4.90. The van der Waals surface area contributed by atoms with Crippen molar-refractivity contribution in [2.24, 2.45) is 11.1 Å². The van der Waals surface area contributed by atoms with Crippen LogP contribution in [-0.2, 0) is 9.53 Å². The van der Waals surface area contributed by atoms with E-state index in [1.165, 1.54) is 0 Å². The van der Waals surface area contributed by atoms with E-state index in [0.717, 1.165) is 19.5 Å². The summed E-state index contributed by atoms with van der Waals surface area (Å²) in [5, 5.41) is 0. The molecule has 1 aliphatic heterocycles. The first kappa shape index (κ1) is 15.7. The minimum absolute atomic E-state index is 0. The number of hydrogen-bond acceptors (Lipinski definition) is 4. The predicted molar refractivity (Wildman–Crippen MR) is 66.7 cm³/mol. The van der Waals surface area contributed by atoms with E-state index in [4.69, 9.17) is 10.5 Å². The summed E-state index contributed by atoms with van der Waals surface area (Å²) in [5.41, 5.74) is 6.11. The molecule has 1 aliphatic rings. The molecule has 0 saturated carbocycles. The number of carbonyl (C=O) groups is 1. The molecule has 0 spiro atoms. The summed E-state index contributed by atoms with van der Waals surface area (Å²) in [6.45, 7) is 8.73. The van der Waals surface area contributed by atoms with Crippen LogP contribution in [0.5, 0.6) is 0 Å². The zero-order valence-corrected chi connectivity index (χ0v) is 11.2. The van der Waals surface area contributed by atoms with Crippen molar-refractivity contribution in [3.05, 3.63) is 0 Å². The van der Waals surface area contributed by atoms with Crippen LogP contribution in [0.3, 0.4) is 0 Å². The van der Waals surface area contributed by atoms with E-state index < -0.39 is 0 Å². The van der Waals surface area contributed by atoms with Gasteiger partial charge in [0.15, 0.2) is 0 Å². The van der Waals surface area contributed by atoms with Crippen molar-refractivity contribution in [1.82, 2.24) is 4.90 Å². The van der Waals surface area contributed by atoms with Crippen LogP contribution in [0.1, 0.15) is 27.2 Å². The standard InChI is InChI=1S/C11H22N2O2.ClH/c1-4-15-10(14)7-13-6-5-9(12)11(2,3)8-13;/h9H,4-8,12H2,1-3H3;1H. The molecule has 1 atom stereocenters. The quantitative estimate of drug-likeness (QED) is 0.761. The average molecular weight is 251 g/mol. The Balaban J connectivity index is 0.00000225. The van der Waals surface area contributed by atoms with Crippen molar-refractivity contribution in [2.75, 3.05) is 26.2 Å². The van der Waals surface area contributed by atoms with E-state index in [1.807, 2.05) is 6.92 Å².